The van der Waals surface area contributed by atoms with E-state index in [1.165, 1.54) is 16.9 Å². The molecule has 0 unspecified atom stereocenters. The first-order valence-electron chi connectivity index (χ1n) is 7.08. The van der Waals surface area contributed by atoms with Gasteiger partial charge in [0, 0.05) is 17.8 Å². The first kappa shape index (κ1) is 16.3. The molecule has 1 heterocycles. The normalized spacial score (nSPS) is 12.0. The summed E-state index contributed by atoms with van der Waals surface area (Å²) < 4.78 is 2.96. The molecule has 0 aliphatic carbocycles. The average Bonchev–Trinajstić information content (AvgIpc) is 2.83. The molecule has 1 amide bonds. The number of aromatic nitrogens is 1. The van der Waals surface area contributed by atoms with E-state index in [9.17, 15) is 4.79 Å². The van der Waals surface area contributed by atoms with Crippen molar-refractivity contribution in [3.63, 3.8) is 0 Å². The lowest BCUT2D eigenvalue weighted by Crippen LogP contribution is -2.14. The van der Waals surface area contributed by atoms with Crippen LogP contribution < -0.4 is 4.80 Å². The zero-order valence-corrected chi connectivity index (χ0v) is 14.9. The summed E-state index contributed by atoms with van der Waals surface area (Å²) in [6.45, 7) is 0. The quantitative estimate of drug-likeness (QED) is 0.695. The van der Waals surface area contributed by atoms with E-state index < -0.39 is 0 Å². The molecule has 2 aromatic carbocycles. The van der Waals surface area contributed by atoms with Gasteiger partial charge in [0.05, 0.1) is 16.0 Å². The van der Waals surface area contributed by atoms with Crippen molar-refractivity contribution in [1.82, 2.24) is 4.57 Å². The Labute approximate surface area is 147 Å². The van der Waals surface area contributed by atoms with Gasteiger partial charge in [-0.15, -0.1) is 11.8 Å². The van der Waals surface area contributed by atoms with Gasteiger partial charge in [-0.3, -0.25) is 4.79 Å². The summed E-state index contributed by atoms with van der Waals surface area (Å²) in [5.41, 5.74) is 2.25. The van der Waals surface area contributed by atoms with Crippen molar-refractivity contribution in [2.45, 2.75) is 5.75 Å². The molecule has 1 aromatic heterocycles. The second-order valence-electron chi connectivity index (χ2n) is 5.04. The molecule has 0 saturated heterocycles. The summed E-state index contributed by atoms with van der Waals surface area (Å²) >= 11 is 9.07. The topological polar surface area (TPSA) is 34.4 Å². The summed E-state index contributed by atoms with van der Waals surface area (Å²) in [4.78, 5) is 17.0. The molecule has 3 aromatic rings. The van der Waals surface area contributed by atoms with Gasteiger partial charge in [0.25, 0.3) is 5.91 Å². The van der Waals surface area contributed by atoms with E-state index in [0.717, 1.165) is 16.0 Å². The summed E-state index contributed by atoms with van der Waals surface area (Å²) in [5, 5.41) is 0.690. The van der Waals surface area contributed by atoms with E-state index in [4.69, 9.17) is 11.6 Å². The maximum Gasteiger partial charge on any atom is 0.258 e. The molecular weight excluding hydrogens is 348 g/mol. The minimum absolute atomic E-state index is 0.112. The molecular formula is C17H15ClN2OS2. The van der Waals surface area contributed by atoms with E-state index in [0.29, 0.717) is 15.6 Å². The summed E-state index contributed by atoms with van der Waals surface area (Å²) in [5.74, 6) is 1.08. The zero-order chi connectivity index (χ0) is 16.2. The third kappa shape index (κ3) is 4.05. The minimum atomic E-state index is -0.112. The fourth-order valence-electron chi connectivity index (χ4n) is 2.18. The molecule has 0 atom stereocenters. The van der Waals surface area contributed by atoms with E-state index in [1.54, 1.807) is 11.8 Å². The first-order valence-corrected chi connectivity index (χ1v) is 9.43. The molecule has 0 aliphatic rings. The molecule has 118 valence electrons. The second-order valence-corrected chi connectivity index (χ2v) is 7.47. The van der Waals surface area contributed by atoms with Crippen molar-refractivity contribution in [3.8, 4) is 0 Å². The Morgan fingerprint density at radius 3 is 2.83 bits per heavy atom. The maximum absolute atomic E-state index is 12.1. The fraction of sp³-hybridized carbons (Fsp3) is 0.176. The van der Waals surface area contributed by atoms with E-state index in [1.807, 2.05) is 48.0 Å². The minimum Gasteiger partial charge on any atom is -0.319 e. The largest absolute Gasteiger partial charge is 0.319 e. The number of amides is 1. The lowest BCUT2D eigenvalue weighted by Gasteiger charge is -1.99. The Hall–Kier alpha value is -1.56. The number of carbonyl (C=O) groups excluding carboxylic acids is 1. The van der Waals surface area contributed by atoms with Crippen molar-refractivity contribution in [3.05, 3.63) is 63.9 Å². The van der Waals surface area contributed by atoms with Crippen molar-refractivity contribution < 1.29 is 4.79 Å². The lowest BCUT2D eigenvalue weighted by molar-refractivity contribution is -0.115. The Bertz CT molecular complexity index is 900. The van der Waals surface area contributed by atoms with Crippen LogP contribution in [0.5, 0.6) is 0 Å². The Kier molecular flexibility index (Phi) is 5.20. The lowest BCUT2D eigenvalue weighted by atomic mass is 10.2. The standard InChI is InChI=1S/C17H15ClN2OS2/c1-20-14-8-7-13(18)9-15(14)23-17(20)19-16(21)11-22-10-12-5-3-2-4-6-12/h2-9H,10-11H2,1H3. The van der Waals surface area contributed by atoms with Crippen LogP contribution in [0.25, 0.3) is 10.2 Å². The fourth-order valence-corrected chi connectivity index (χ4v) is 4.26. The van der Waals surface area contributed by atoms with Crippen LogP contribution in [0.2, 0.25) is 5.02 Å². The van der Waals surface area contributed by atoms with Crippen LogP contribution >= 0.6 is 34.7 Å². The molecule has 3 nitrogen and oxygen atoms in total. The number of fused-ring (bicyclic) bond motifs is 1. The summed E-state index contributed by atoms with van der Waals surface area (Å²) in [6, 6.07) is 15.8. The molecule has 0 spiro atoms. The SMILES string of the molecule is Cn1c(=NC(=O)CSCc2ccccc2)sc2cc(Cl)ccc21. The molecule has 0 radical (unpaired) electrons. The van der Waals surface area contributed by atoms with Gasteiger partial charge < -0.3 is 4.57 Å². The molecule has 0 bridgehead atoms. The van der Waals surface area contributed by atoms with Gasteiger partial charge in [0.1, 0.15) is 0 Å². The zero-order valence-electron chi connectivity index (χ0n) is 12.5. The molecule has 3 rings (SSSR count). The number of benzene rings is 2. The van der Waals surface area contributed by atoms with Gasteiger partial charge >= 0.3 is 0 Å². The molecule has 0 fully saturated rings. The van der Waals surface area contributed by atoms with Gasteiger partial charge in [-0.05, 0) is 23.8 Å². The highest BCUT2D eigenvalue weighted by atomic mass is 35.5. The highest BCUT2D eigenvalue weighted by molar-refractivity contribution is 7.99. The number of rotatable bonds is 4. The van der Waals surface area contributed by atoms with Crippen LogP contribution in [-0.4, -0.2) is 16.2 Å². The number of thiazole rings is 1. The average molecular weight is 363 g/mol. The van der Waals surface area contributed by atoms with Gasteiger partial charge in [-0.25, -0.2) is 0 Å². The third-order valence-corrected chi connectivity index (χ3v) is 5.65. The van der Waals surface area contributed by atoms with E-state index >= 15 is 0 Å². The number of hydrogen-bond acceptors (Lipinski definition) is 3. The van der Waals surface area contributed by atoms with Crippen molar-refractivity contribution in [2.24, 2.45) is 12.0 Å². The summed E-state index contributed by atoms with van der Waals surface area (Å²) in [6.07, 6.45) is 0. The van der Waals surface area contributed by atoms with Gasteiger partial charge in [0.2, 0.25) is 0 Å². The third-order valence-electron chi connectivity index (χ3n) is 3.33. The molecule has 0 N–H and O–H groups in total. The molecule has 0 saturated carbocycles. The molecule has 0 aliphatic heterocycles. The molecule has 6 heteroatoms. The monoisotopic (exact) mass is 362 g/mol. The van der Waals surface area contributed by atoms with Crippen LogP contribution in [-0.2, 0) is 17.6 Å². The van der Waals surface area contributed by atoms with Crippen molar-refractivity contribution >= 4 is 50.8 Å². The maximum atomic E-state index is 12.1. The van der Waals surface area contributed by atoms with Crippen molar-refractivity contribution in [2.75, 3.05) is 5.75 Å². The van der Waals surface area contributed by atoms with Crippen LogP contribution in [0.4, 0.5) is 0 Å². The van der Waals surface area contributed by atoms with E-state index in [2.05, 4.69) is 17.1 Å². The van der Waals surface area contributed by atoms with Crippen LogP contribution in [0.1, 0.15) is 5.56 Å². The summed E-state index contributed by atoms with van der Waals surface area (Å²) in [7, 11) is 1.91. The number of nitrogens with zero attached hydrogens (tertiary/aromatic N) is 2. The second kappa shape index (κ2) is 7.34. The molecule has 23 heavy (non-hydrogen) atoms. The van der Waals surface area contributed by atoms with Gasteiger partial charge in [0.15, 0.2) is 4.80 Å². The predicted octanol–water partition coefficient (Wildman–Crippen LogP) is 4.25. The van der Waals surface area contributed by atoms with E-state index in [-0.39, 0.29) is 5.91 Å². The van der Waals surface area contributed by atoms with Gasteiger partial charge in [-0.1, -0.05) is 53.3 Å². The van der Waals surface area contributed by atoms with Crippen LogP contribution in [0, 0.1) is 0 Å². The number of hydrogen-bond donors (Lipinski definition) is 0. The van der Waals surface area contributed by atoms with Crippen LogP contribution in [0.3, 0.4) is 0 Å². The number of thioether (sulfide) groups is 1. The number of carbonyl (C=O) groups is 1. The predicted molar refractivity (Wildman–Crippen MR) is 99.0 cm³/mol. The first-order chi connectivity index (χ1) is 11.1. The highest BCUT2D eigenvalue weighted by Gasteiger charge is 2.06. The van der Waals surface area contributed by atoms with Crippen LogP contribution in [0.15, 0.2) is 53.5 Å². The Morgan fingerprint density at radius 2 is 2.04 bits per heavy atom. The number of aryl methyl sites for hydroxylation is 1. The smallest absolute Gasteiger partial charge is 0.258 e. The Balaban J connectivity index is 1.71. The van der Waals surface area contributed by atoms with Crippen molar-refractivity contribution in [1.29, 1.82) is 0 Å². The number of halogens is 1. The van der Waals surface area contributed by atoms with Gasteiger partial charge in [-0.2, -0.15) is 4.99 Å². The highest BCUT2D eigenvalue weighted by Crippen LogP contribution is 2.21. The Morgan fingerprint density at radius 1 is 1.26 bits per heavy atom.